The third-order valence-electron chi connectivity index (χ3n) is 4.95. The highest BCUT2D eigenvalue weighted by Crippen LogP contribution is 2.61. The van der Waals surface area contributed by atoms with Gasteiger partial charge in [-0.1, -0.05) is 42.1 Å². The smallest absolute Gasteiger partial charge is 0.156 e. The standard InChI is InChI=1S/C17H22N2S/c1-2-4-13(5-3-1)10-15-11-20-16(19-15)18-12-17(8-9-17)14-6-7-14/h1-5,14-15H,6-12H2,(H,18,19). The fourth-order valence-electron chi connectivity index (χ4n) is 3.32. The Morgan fingerprint density at radius 1 is 1.20 bits per heavy atom. The van der Waals surface area contributed by atoms with E-state index < -0.39 is 0 Å². The predicted octanol–water partition coefficient (Wildman–Crippen LogP) is 3.48. The fourth-order valence-corrected chi connectivity index (χ4v) is 4.28. The summed E-state index contributed by atoms with van der Waals surface area (Å²) in [5, 5.41) is 4.80. The number of hydrogen-bond acceptors (Lipinski definition) is 2. The van der Waals surface area contributed by atoms with E-state index in [1.165, 1.54) is 36.4 Å². The lowest BCUT2D eigenvalue weighted by molar-refractivity contribution is 0.453. The molecule has 0 amide bonds. The first-order chi connectivity index (χ1) is 9.84. The van der Waals surface area contributed by atoms with E-state index in [2.05, 4.69) is 35.6 Å². The zero-order valence-corrected chi connectivity index (χ0v) is 12.7. The molecule has 1 atom stereocenters. The summed E-state index contributed by atoms with van der Waals surface area (Å²) in [4.78, 5) is 4.88. The van der Waals surface area contributed by atoms with Crippen LogP contribution in [0, 0.1) is 11.3 Å². The third-order valence-corrected chi connectivity index (χ3v) is 6.04. The van der Waals surface area contributed by atoms with Crippen LogP contribution in [0.1, 0.15) is 31.2 Å². The molecule has 0 radical (unpaired) electrons. The molecular formula is C17H22N2S. The summed E-state index contributed by atoms with van der Waals surface area (Å²) in [7, 11) is 0. The normalized spacial score (nSPS) is 29.4. The zero-order chi connectivity index (χ0) is 13.4. The topological polar surface area (TPSA) is 24.4 Å². The first-order valence-electron chi connectivity index (χ1n) is 7.82. The maximum Gasteiger partial charge on any atom is 0.156 e. The Morgan fingerprint density at radius 2 is 2.00 bits per heavy atom. The van der Waals surface area contributed by atoms with E-state index in [1.54, 1.807) is 0 Å². The second-order valence-electron chi connectivity index (χ2n) is 6.60. The van der Waals surface area contributed by atoms with Crippen LogP contribution in [0.4, 0.5) is 0 Å². The van der Waals surface area contributed by atoms with Gasteiger partial charge in [-0.25, -0.2) is 0 Å². The van der Waals surface area contributed by atoms with Gasteiger partial charge in [-0.3, -0.25) is 4.99 Å². The number of nitrogens with one attached hydrogen (secondary N) is 1. The molecule has 0 spiro atoms. The first-order valence-corrected chi connectivity index (χ1v) is 8.80. The van der Waals surface area contributed by atoms with Gasteiger partial charge in [0.05, 0.1) is 0 Å². The molecule has 2 nitrogen and oxygen atoms in total. The van der Waals surface area contributed by atoms with Crippen molar-refractivity contribution in [1.29, 1.82) is 0 Å². The van der Waals surface area contributed by atoms with Crippen LogP contribution in [0.25, 0.3) is 0 Å². The van der Waals surface area contributed by atoms with Gasteiger partial charge >= 0.3 is 0 Å². The van der Waals surface area contributed by atoms with Crippen LogP contribution in [0.3, 0.4) is 0 Å². The van der Waals surface area contributed by atoms with E-state index in [4.69, 9.17) is 4.99 Å². The molecule has 1 N–H and O–H groups in total. The van der Waals surface area contributed by atoms with E-state index in [-0.39, 0.29) is 0 Å². The molecule has 3 fully saturated rings. The SMILES string of the molecule is c1ccc(CC2CSC(=NCC3(C4CC4)CC3)N2)cc1. The highest BCUT2D eigenvalue weighted by Gasteiger charge is 2.53. The molecular weight excluding hydrogens is 264 g/mol. The Morgan fingerprint density at radius 3 is 2.70 bits per heavy atom. The number of thioether (sulfide) groups is 1. The summed E-state index contributed by atoms with van der Waals surface area (Å²) in [6, 6.07) is 11.3. The van der Waals surface area contributed by atoms with Gasteiger partial charge in [-0.15, -0.1) is 0 Å². The lowest BCUT2D eigenvalue weighted by Gasteiger charge is -2.12. The van der Waals surface area contributed by atoms with Crippen molar-refractivity contribution >= 4 is 16.9 Å². The first kappa shape index (κ1) is 12.8. The summed E-state index contributed by atoms with van der Waals surface area (Å²) in [6.07, 6.45) is 6.88. The van der Waals surface area contributed by atoms with Gasteiger partial charge < -0.3 is 5.32 Å². The molecule has 106 valence electrons. The molecule has 0 aromatic heterocycles. The van der Waals surface area contributed by atoms with Crippen molar-refractivity contribution in [2.45, 2.75) is 38.1 Å². The molecule has 1 saturated heterocycles. The molecule has 1 aromatic rings. The highest BCUT2D eigenvalue weighted by atomic mass is 32.2. The number of amidine groups is 1. The molecule has 3 aliphatic rings. The Balaban J connectivity index is 1.31. The number of rotatable bonds is 5. The number of aliphatic imine (C=N–C) groups is 1. The molecule has 1 heterocycles. The molecule has 20 heavy (non-hydrogen) atoms. The molecule has 2 aliphatic carbocycles. The minimum absolute atomic E-state index is 0.553. The number of hydrogen-bond donors (Lipinski definition) is 1. The molecule has 4 rings (SSSR count). The van der Waals surface area contributed by atoms with Crippen LogP contribution < -0.4 is 5.32 Å². The van der Waals surface area contributed by atoms with Crippen molar-refractivity contribution in [2.75, 3.05) is 12.3 Å². The number of benzene rings is 1. The van der Waals surface area contributed by atoms with E-state index >= 15 is 0 Å². The lowest BCUT2D eigenvalue weighted by atomic mass is 10.0. The zero-order valence-electron chi connectivity index (χ0n) is 11.8. The summed E-state index contributed by atoms with van der Waals surface area (Å²) in [5.41, 5.74) is 2.05. The van der Waals surface area contributed by atoms with Gasteiger partial charge in [0, 0.05) is 18.3 Å². The maximum atomic E-state index is 4.88. The summed E-state index contributed by atoms with van der Waals surface area (Å²) >= 11 is 1.91. The van der Waals surface area contributed by atoms with Crippen LogP contribution in [0.15, 0.2) is 35.3 Å². The molecule has 3 heteroatoms. The predicted molar refractivity (Wildman–Crippen MR) is 86.2 cm³/mol. The van der Waals surface area contributed by atoms with Crippen molar-refractivity contribution in [3.05, 3.63) is 35.9 Å². The average Bonchev–Trinajstić information content (AvgIpc) is 3.37. The minimum Gasteiger partial charge on any atom is -0.361 e. The van der Waals surface area contributed by atoms with Crippen LogP contribution in [-0.2, 0) is 6.42 Å². The van der Waals surface area contributed by atoms with Gasteiger partial charge in [-0.2, -0.15) is 0 Å². The largest absolute Gasteiger partial charge is 0.361 e. The Hall–Kier alpha value is -0.960. The van der Waals surface area contributed by atoms with Gasteiger partial charge in [0.15, 0.2) is 5.17 Å². The van der Waals surface area contributed by atoms with Crippen LogP contribution in [0.2, 0.25) is 0 Å². The van der Waals surface area contributed by atoms with Gasteiger partial charge in [0.25, 0.3) is 0 Å². The Bertz CT molecular complexity index is 503. The van der Waals surface area contributed by atoms with Crippen molar-refractivity contribution in [3.8, 4) is 0 Å². The monoisotopic (exact) mass is 286 g/mol. The highest BCUT2D eigenvalue weighted by molar-refractivity contribution is 8.14. The van der Waals surface area contributed by atoms with Crippen LogP contribution in [0.5, 0.6) is 0 Å². The van der Waals surface area contributed by atoms with E-state index in [1.807, 2.05) is 11.8 Å². The summed E-state index contributed by atoms with van der Waals surface area (Å²) in [5.74, 6) is 2.17. The molecule has 1 aliphatic heterocycles. The van der Waals surface area contributed by atoms with Crippen molar-refractivity contribution in [2.24, 2.45) is 16.3 Å². The van der Waals surface area contributed by atoms with Crippen molar-refractivity contribution in [3.63, 3.8) is 0 Å². The quantitative estimate of drug-likeness (QED) is 0.896. The molecule has 1 aromatic carbocycles. The minimum atomic E-state index is 0.553. The average molecular weight is 286 g/mol. The Labute approximate surface area is 125 Å². The van der Waals surface area contributed by atoms with Crippen molar-refractivity contribution in [1.82, 2.24) is 5.32 Å². The second kappa shape index (κ2) is 5.10. The van der Waals surface area contributed by atoms with E-state index in [0.29, 0.717) is 11.5 Å². The molecule has 2 saturated carbocycles. The molecule has 0 bridgehead atoms. The molecule has 1 unspecified atom stereocenters. The Kier molecular flexibility index (Phi) is 3.25. The van der Waals surface area contributed by atoms with Crippen molar-refractivity contribution < 1.29 is 0 Å². The summed E-state index contributed by atoms with van der Waals surface area (Å²) in [6.45, 7) is 1.07. The van der Waals surface area contributed by atoms with Crippen LogP contribution in [-0.4, -0.2) is 23.5 Å². The lowest BCUT2D eigenvalue weighted by Crippen LogP contribution is -2.29. The van der Waals surface area contributed by atoms with Gasteiger partial charge in [0.2, 0.25) is 0 Å². The van der Waals surface area contributed by atoms with E-state index in [0.717, 1.165) is 24.6 Å². The van der Waals surface area contributed by atoms with Gasteiger partial charge in [0.1, 0.15) is 0 Å². The van der Waals surface area contributed by atoms with Crippen LogP contribution >= 0.6 is 11.8 Å². The number of nitrogens with zero attached hydrogens (tertiary/aromatic N) is 1. The summed E-state index contributed by atoms with van der Waals surface area (Å²) < 4.78 is 0. The fraction of sp³-hybridized carbons (Fsp3) is 0.588. The maximum absolute atomic E-state index is 4.88. The van der Waals surface area contributed by atoms with E-state index in [9.17, 15) is 0 Å². The third kappa shape index (κ3) is 2.73. The second-order valence-corrected chi connectivity index (χ2v) is 7.61. The van der Waals surface area contributed by atoms with Gasteiger partial charge in [-0.05, 0) is 49.0 Å².